The summed E-state index contributed by atoms with van der Waals surface area (Å²) in [7, 11) is 0. The fourth-order valence-corrected chi connectivity index (χ4v) is 4.68. The third kappa shape index (κ3) is 5.59. The fourth-order valence-electron chi connectivity index (χ4n) is 2.78. The van der Waals surface area contributed by atoms with Crippen LogP contribution in [-0.2, 0) is 4.79 Å². The number of benzene rings is 1. The third-order valence-electron chi connectivity index (χ3n) is 4.08. The Balaban J connectivity index is 1.50. The van der Waals surface area contributed by atoms with E-state index in [1.54, 1.807) is 24.3 Å². The largest absolute Gasteiger partial charge is 0.353 e. The van der Waals surface area contributed by atoms with Crippen molar-refractivity contribution in [3.05, 3.63) is 34.9 Å². The number of aromatic nitrogens is 2. The summed E-state index contributed by atoms with van der Waals surface area (Å²) in [5.41, 5.74) is 0.607. The lowest BCUT2D eigenvalue weighted by Gasteiger charge is -2.34. The Kier molecular flexibility index (Phi) is 7.14. The molecule has 2 heterocycles. The van der Waals surface area contributed by atoms with E-state index in [0.29, 0.717) is 42.5 Å². The van der Waals surface area contributed by atoms with Gasteiger partial charge in [-0.05, 0) is 32.0 Å². The van der Waals surface area contributed by atoms with E-state index in [1.807, 2.05) is 18.7 Å². The molecular formula is C18H22ClN5O2S2. The van der Waals surface area contributed by atoms with Crippen molar-refractivity contribution < 1.29 is 9.59 Å². The van der Waals surface area contributed by atoms with Crippen LogP contribution in [0.5, 0.6) is 0 Å². The van der Waals surface area contributed by atoms with Gasteiger partial charge >= 0.3 is 0 Å². The lowest BCUT2D eigenvalue weighted by Crippen LogP contribution is -2.48. The Bertz CT molecular complexity index is 837. The summed E-state index contributed by atoms with van der Waals surface area (Å²) in [4.78, 5) is 28.3. The zero-order valence-corrected chi connectivity index (χ0v) is 18.1. The van der Waals surface area contributed by atoms with Gasteiger partial charge < -0.3 is 15.1 Å². The molecule has 150 valence electrons. The molecule has 1 fully saturated rings. The summed E-state index contributed by atoms with van der Waals surface area (Å²) in [5.74, 6) is 0.311. The van der Waals surface area contributed by atoms with Crippen molar-refractivity contribution >= 4 is 51.6 Å². The van der Waals surface area contributed by atoms with Crippen LogP contribution in [0.1, 0.15) is 24.2 Å². The molecule has 1 aliphatic rings. The highest BCUT2D eigenvalue weighted by molar-refractivity contribution is 8.01. The van der Waals surface area contributed by atoms with E-state index in [0.717, 1.165) is 9.47 Å². The van der Waals surface area contributed by atoms with E-state index in [2.05, 4.69) is 20.4 Å². The molecule has 28 heavy (non-hydrogen) atoms. The van der Waals surface area contributed by atoms with Crippen molar-refractivity contribution in [2.75, 3.05) is 36.8 Å². The SMILES string of the molecule is CC(C)NC(=O)CSc1nnc(N2CCN(C(=O)c3cccc(Cl)c3)CC2)s1. The summed E-state index contributed by atoms with van der Waals surface area (Å²) < 4.78 is 0.770. The van der Waals surface area contributed by atoms with Crippen LogP contribution in [0, 0.1) is 0 Å². The maximum atomic E-state index is 12.6. The molecule has 0 spiro atoms. The van der Waals surface area contributed by atoms with E-state index in [4.69, 9.17) is 11.6 Å². The summed E-state index contributed by atoms with van der Waals surface area (Å²) in [6.45, 7) is 6.48. The zero-order valence-electron chi connectivity index (χ0n) is 15.7. The molecule has 1 N–H and O–H groups in total. The second kappa shape index (κ2) is 9.58. The van der Waals surface area contributed by atoms with Gasteiger partial charge in [-0.1, -0.05) is 40.8 Å². The number of anilines is 1. The second-order valence-electron chi connectivity index (χ2n) is 6.65. The lowest BCUT2D eigenvalue weighted by atomic mass is 10.2. The van der Waals surface area contributed by atoms with Crippen LogP contribution in [0.2, 0.25) is 5.02 Å². The van der Waals surface area contributed by atoms with Crippen molar-refractivity contribution in [2.45, 2.75) is 24.2 Å². The first-order valence-electron chi connectivity index (χ1n) is 8.98. The molecule has 7 nitrogen and oxygen atoms in total. The van der Waals surface area contributed by atoms with Crippen molar-refractivity contribution in [1.29, 1.82) is 0 Å². The summed E-state index contributed by atoms with van der Waals surface area (Å²) >= 11 is 8.85. The molecule has 3 rings (SSSR count). The highest BCUT2D eigenvalue weighted by Crippen LogP contribution is 2.28. The smallest absolute Gasteiger partial charge is 0.254 e. The molecule has 1 aliphatic heterocycles. The Morgan fingerprint density at radius 2 is 2.00 bits per heavy atom. The maximum Gasteiger partial charge on any atom is 0.254 e. The molecule has 0 saturated carbocycles. The Morgan fingerprint density at radius 1 is 1.25 bits per heavy atom. The molecule has 1 aromatic heterocycles. The van der Waals surface area contributed by atoms with Crippen molar-refractivity contribution in [2.24, 2.45) is 0 Å². The molecule has 0 atom stereocenters. The molecule has 0 bridgehead atoms. The lowest BCUT2D eigenvalue weighted by molar-refractivity contribution is -0.119. The molecule has 1 saturated heterocycles. The standard InChI is InChI=1S/C18H22ClN5O2S2/c1-12(2)20-15(25)11-27-18-22-21-17(28-18)24-8-6-23(7-9-24)16(26)13-4-3-5-14(19)10-13/h3-5,10,12H,6-9,11H2,1-2H3,(H,20,25). The van der Waals surface area contributed by atoms with Crippen molar-refractivity contribution in [3.63, 3.8) is 0 Å². The topological polar surface area (TPSA) is 78.4 Å². The second-order valence-corrected chi connectivity index (χ2v) is 9.27. The van der Waals surface area contributed by atoms with Gasteiger partial charge in [-0.25, -0.2) is 0 Å². The number of carbonyl (C=O) groups excluding carboxylic acids is 2. The quantitative estimate of drug-likeness (QED) is 0.697. The third-order valence-corrected chi connectivity index (χ3v) is 6.43. The first kappa shape index (κ1) is 20.9. The zero-order chi connectivity index (χ0) is 20.1. The maximum absolute atomic E-state index is 12.6. The van der Waals surface area contributed by atoms with Gasteiger partial charge in [0.2, 0.25) is 11.0 Å². The van der Waals surface area contributed by atoms with Crippen LogP contribution >= 0.6 is 34.7 Å². The molecule has 1 aromatic carbocycles. The van der Waals surface area contributed by atoms with Gasteiger partial charge in [0.25, 0.3) is 5.91 Å². The molecule has 0 aliphatic carbocycles. The molecule has 10 heteroatoms. The van der Waals surface area contributed by atoms with Crippen LogP contribution in [0.15, 0.2) is 28.6 Å². The van der Waals surface area contributed by atoms with Gasteiger partial charge in [-0.2, -0.15) is 0 Å². The van der Waals surface area contributed by atoms with Crippen LogP contribution in [0.4, 0.5) is 5.13 Å². The van der Waals surface area contributed by atoms with Crippen molar-refractivity contribution in [3.8, 4) is 0 Å². The number of thioether (sulfide) groups is 1. The average molecular weight is 440 g/mol. The highest BCUT2D eigenvalue weighted by Gasteiger charge is 2.24. The Morgan fingerprint density at radius 3 is 2.68 bits per heavy atom. The van der Waals surface area contributed by atoms with Crippen LogP contribution < -0.4 is 10.2 Å². The molecule has 2 aromatic rings. The minimum Gasteiger partial charge on any atom is -0.353 e. The van der Waals surface area contributed by atoms with Gasteiger partial charge in [0.1, 0.15) is 0 Å². The predicted molar refractivity (Wildman–Crippen MR) is 113 cm³/mol. The number of carbonyl (C=O) groups is 2. The number of amides is 2. The first-order chi connectivity index (χ1) is 13.4. The number of nitrogens with one attached hydrogen (secondary N) is 1. The predicted octanol–water partition coefficient (Wildman–Crippen LogP) is 2.77. The Hall–Kier alpha value is -1.84. The van der Waals surface area contributed by atoms with E-state index in [-0.39, 0.29) is 17.9 Å². The van der Waals surface area contributed by atoms with E-state index >= 15 is 0 Å². The molecule has 2 amide bonds. The first-order valence-corrected chi connectivity index (χ1v) is 11.2. The normalized spacial score (nSPS) is 14.4. The average Bonchev–Trinajstić information content (AvgIpc) is 3.14. The number of hydrogen-bond donors (Lipinski definition) is 1. The molecule has 0 radical (unpaired) electrons. The fraction of sp³-hybridized carbons (Fsp3) is 0.444. The summed E-state index contributed by atoms with van der Waals surface area (Å²) in [5, 5.41) is 12.6. The monoisotopic (exact) mass is 439 g/mol. The number of hydrogen-bond acceptors (Lipinski definition) is 7. The number of piperazine rings is 1. The van der Waals surface area contributed by atoms with Crippen LogP contribution in [0.25, 0.3) is 0 Å². The van der Waals surface area contributed by atoms with E-state index in [9.17, 15) is 9.59 Å². The Labute approximate surface area is 177 Å². The van der Waals surface area contributed by atoms with Gasteiger partial charge in [0.15, 0.2) is 4.34 Å². The number of halogens is 1. The summed E-state index contributed by atoms with van der Waals surface area (Å²) in [6.07, 6.45) is 0. The number of rotatable bonds is 6. The minimum absolute atomic E-state index is 0.00757. The minimum atomic E-state index is -0.00936. The van der Waals surface area contributed by atoms with Gasteiger partial charge in [0.05, 0.1) is 5.75 Å². The molecule has 0 unspecified atom stereocenters. The van der Waals surface area contributed by atoms with E-state index < -0.39 is 0 Å². The molecular weight excluding hydrogens is 418 g/mol. The van der Waals surface area contributed by atoms with E-state index in [1.165, 1.54) is 23.1 Å². The van der Waals surface area contributed by atoms with Crippen LogP contribution in [-0.4, -0.2) is 64.9 Å². The van der Waals surface area contributed by atoms with Gasteiger partial charge in [-0.3, -0.25) is 9.59 Å². The summed E-state index contributed by atoms with van der Waals surface area (Å²) in [6, 6.07) is 7.15. The highest BCUT2D eigenvalue weighted by atomic mass is 35.5. The van der Waals surface area contributed by atoms with Gasteiger partial charge in [0, 0.05) is 42.8 Å². The van der Waals surface area contributed by atoms with Crippen LogP contribution in [0.3, 0.4) is 0 Å². The number of nitrogens with zero attached hydrogens (tertiary/aromatic N) is 4. The van der Waals surface area contributed by atoms with Gasteiger partial charge in [-0.15, -0.1) is 10.2 Å². The van der Waals surface area contributed by atoms with Crippen molar-refractivity contribution in [1.82, 2.24) is 20.4 Å².